The number of rotatable bonds is 0. The first-order valence-electron chi connectivity index (χ1n) is 0.667. The maximum atomic E-state index is 8.52. The van der Waals surface area contributed by atoms with Crippen molar-refractivity contribution in [1.82, 2.24) is 0 Å². The third-order valence-electron chi connectivity index (χ3n) is 0. The van der Waals surface area contributed by atoms with Gasteiger partial charge in [0, 0.05) is 31.5 Å². The summed E-state index contributed by atoms with van der Waals surface area (Å²) in [6.07, 6.45) is 0. The fourth-order valence-electron chi connectivity index (χ4n) is 0. The second-order valence-corrected chi connectivity index (χ2v) is 1.22. The van der Waals surface area contributed by atoms with Crippen molar-refractivity contribution < 1.29 is 55.7 Å². The van der Waals surface area contributed by atoms with Gasteiger partial charge in [-0.15, -0.1) is 0 Å². The fraction of sp³-hybridized carbons (Fsp3) is 0. The average molecular weight is 247 g/mol. The summed E-state index contributed by atoms with van der Waals surface area (Å²) in [5.41, 5.74) is 0. The van der Waals surface area contributed by atoms with Gasteiger partial charge in [-0.1, -0.05) is 0 Å². The minimum Gasteiger partial charge on any atom is -0.759 e. The first kappa shape index (κ1) is 15.7. The van der Waals surface area contributed by atoms with Crippen LogP contribution in [0.25, 0.3) is 0 Å². The van der Waals surface area contributed by atoms with Crippen LogP contribution in [0, 0.1) is 0 Å². The van der Waals surface area contributed by atoms with E-state index in [4.69, 9.17) is 17.5 Å². The molecule has 7 heavy (non-hydrogen) atoms. The standard InChI is InChI=1S/Mn.Mo.H2O4S/c;;1-5(2,3)4/h;;(H2,1,2,3,4)/q+2;;/p-2. The topological polar surface area (TPSA) is 80.3 Å². The minimum atomic E-state index is -5.17. The van der Waals surface area contributed by atoms with Gasteiger partial charge < -0.3 is 9.11 Å². The number of hydrogen-bond donors (Lipinski definition) is 0. The van der Waals surface area contributed by atoms with Gasteiger partial charge in [0.25, 0.3) is 0 Å². The van der Waals surface area contributed by atoms with Gasteiger partial charge in [0.15, 0.2) is 0 Å². The van der Waals surface area contributed by atoms with Crippen LogP contribution in [0.1, 0.15) is 0 Å². The van der Waals surface area contributed by atoms with Gasteiger partial charge in [0.1, 0.15) is 0 Å². The molecule has 0 bridgehead atoms. The Bertz CT molecular complexity index is 94.9. The molecular formula is MnMoO4S. The van der Waals surface area contributed by atoms with Crippen LogP contribution in [0.3, 0.4) is 0 Å². The van der Waals surface area contributed by atoms with Crippen molar-refractivity contribution in [3.63, 3.8) is 0 Å². The molecule has 0 saturated heterocycles. The van der Waals surface area contributed by atoms with Crippen LogP contribution in [-0.2, 0) is 48.5 Å². The predicted octanol–water partition coefficient (Wildman–Crippen LogP) is -1.34. The summed E-state index contributed by atoms with van der Waals surface area (Å²) in [6, 6.07) is 0. The molecule has 0 saturated carbocycles. The molecule has 7 heteroatoms. The molecule has 0 rings (SSSR count). The molecule has 4 nitrogen and oxygen atoms in total. The second-order valence-electron chi connectivity index (χ2n) is 0.408. The molecule has 0 aromatic rings. The molecule has 0 amide bonds. The Balaban J connectivity index is -0.0000000800. The molecule has 0 aliphatic rings. The summed E-state index contributed by atoms with van der Waals surface area (Å²) < 4.78 is 34.1. The van der Waals surface area contributed by atoms with Gasteiger partial charge in [-0.2, -0.15) is 0 Å². The maximum Gasteiger partial charge on any atom is 2.00 e. The largest absolute Gasteiger partial charge is 2.00 e. The van der Waals surface area contributed by atoms with Gasteiger partial charge in [-0.05, 0) is 0 Å². The van der Waals surface area contributed by atoms with Gasteiger partial charge in [0.05, 0.1) is 0 Å². The van der Waals surface area contributed by atoms with Gasteiger partial charge in [0.2, 0.25) is 0 Å². The smallest absolute Gasteiger partial charge is 0.759 e. The van der Waals surface area contributed by atoms with E-state index in [0.717, 1.165) is 0 Å². The Labute approximate surface area is 66.0 Å². The third-order valence-corrected chi connectivity index (χ3v) is 0. The molecule has 0 atom stereocenters. The maximum absolute atomic E-state index is 8.52. The van der Waals surface area contributed by atoms with Crippen molar-refractivity contribution in [2.45, 2.75) is 0 Å². The van der Waals surface area contributed by atoms with Crippen molar-refractivity contribution in [3.05, 3.63) is 0 Å². The van der Waals surface area contributed by atoms with E-state index in [0.29, 0.717) is 0 Å². The van der Waals surface area contributed by atoms with Crippen molar-refractivity contribution >= 4 is 10.4 Å². The molecule has 0 aromatic heterocycles. The molecule has 0 aliphatic carbocycles. The van der Waals surface area contributed by atoms with Crippen LogP contribution in [-0.4, -0.2) is 17.5 Å². The first-order chi connectivity index (χ1) is 2.00. The monoisotopic (exact) mass is 249 g/mol. The third kappa shape index (κ3) is 157. The van der Waals surface area contributed by atoms with E-state index in [1.807, 2.05) is 0 Å². The Hall–Kier alpha value is 1.08. The predicted molar refractivity (Wildman–Crippen MR) is 10.5 cm³/mol. The zero-order valence-electron chi connectivity index (χ0n) is 2.83. The summed E-state index contributed by atoms with van der Waals surface area (Å²) in [5.74, 6) is 0. The van der Waals surface area contributed by atoms with E-state index in [9.17, 15) is 0 Å². The van der Waals surface area contributed by atoms with E-state index in [1.54, 1.807) is 0 Å². The zero-order chi connectivity index (χ0) is 4.50. The van der Waals surface area contributed by atoms with Crippen molar-refractivity contribution in [3.8, 4) is 0 Å². The second kappa shape index (κ2) is 5.22. The van der Waals surface area contributed by atoms with Crippen LogP contribution < -0.4 is 0 Å². The van der Waals surface area contributed by atoms with Crippen molar-refractivity contribution in [1.29, 1.82) is 0 Å². The van der Waals surface area contributed by atoms with E-state index in [-0.39, 0.29) is 38.1 Å². The zero-order valence-corrected chi connectivity index (χ0v) is 6.83. The summed E-state index contributed by atoms with van der Waals surface area (Å²) in [7, 11) is -5.17. The van der Waals surface area contributed by atoms with Gasteiger partial charge >= 0.3 is 17.1 Å². The van der Waals surface area contributed by atoms with Crippen LogP contribution >= 0.6 is 0 Å². The normalized spacial score (nSPS) is 8.29. The van der Waals surface area contributed by atoms with Crippen molar-refractivity contribution in [2.75, 3.05) is 0 Å². The molecule has 0 unspecified atom stereocenters. The van der Waals surface area contributed by atoms with E-state index >= 15 is 0 Å². The Morgan fingerprint density at radius 1 is 1.14 bits per heavy atom. The molecular weight excluding hydrogens is 247 g/mol. The Morgan fingerprint density at radius 2 is 1.14 bits per heavy atom. The summed E-state index contributed by atoms with van der Waals surface area (Å²) in [4.78, 5) is 0. The average Bonchev–Trinajstić information content (AvgIpc) is 0.722. The van der Waals surface area contributed by atoms with Gasteiger partial charge in [-0.3, -0.25) is 8.42 Å². The van der Waals surface area contributed by atoms with Crippen LogP contribution in [0.5, 0.6) is 0 Å². The van der Waals surface area contributed by atoms with Crippen LogP contribution in [0.2, 0.25) is 0 Å². The molecule has 43 valence electrons. The van der Waals surface area contributed by atoms with E-state index in [2.05, 4.69) is 0 Å². The SMILES string of the molecule is O=S(=O)([O-])[O-].[Mn+2].[Mo]. The van der Waals surface area contributed by atoms with Crippen LogP contribution in [0.15, 0.2) is 0 Å². The van der Waals surface area contributed by atoms with E-state index < -0.39 is 10.4 Å². The minimum absolute atomic E-state index is 0. The van der Waals surface area contributed by atoms with Gasteiger partial charge in [-0.25, -0.2) is 0 Å². The van der Waals surface area contributed by atoms with Crippen LogP contribution in [0.4, 0.5) is 0 Å². The quantitative estimate of drug-likeness (QED) is 0.301. The molecule has 0 aromatic carbocycles. The molecule has 0 aliphatic heterocycles. The molecule has 0 heterocycles. The first-order valence-corrected chi connectivity index (χ1v) is 2.00. The summed E-state index contributed by atoms with van der Waals surface area (Å²) in [5, 5.41) is 0. The summed E-state index contributed by atoms with van der Waals surface area (Å²) in [6.45, 7) is 0. The molecule has 1 radical (unpaired) electrons. The Kier molecular flexibility index (Phi) is 11.7. The van der Waals surface area contributed by atoms with E-state index in [1.165, 1.54) is 0 Å². The molecule has 0 N–H and O–H groups in total. The molecule has 0 spiro atoms. The molecule has 0 fully saturated rings. The van der Waals surface area contributed by atoms with Crippen molar-refractivity contribution in [2.24, 2.45) is 0 Å². The Morgan fingerprint density at radius 3 is 1.14 bits per heavy atom. The fourth-order valence-corrected chi connectivity index (χ4v) is 0. The number of hydrogen-bond acceptors (Lipinski definition) is 4. The summed E-state index contributed by atoms with van der Waals surface area (Å²) >= 11 is 0.